The van der Waals surface area contributed by atoms with Crippen molar-refractivity contribution in [2.75, 3.05) is 32.8 Å². The summed E-state index contributed by atoms with van der Waals surface area (Å²) in [7, 11) is 3.17. The van der Waals surface area contributed by atoms with E-state index in [-0.39, 0.29) is 5.91 Å². The second-order valence-electron chi connectivity index (χ2n) is 5.21. The molecule has 1 aliphatic heterocycles. The quantitative estimate of drug-likeness (QED) is 0.876. The standard InChI is InChI=1S/C16H23NO4/c1-19-13-4-5-14(15(11-13)20-2)17-16(18)6-3-12-7-9-21-10-8-12/h4-5,11-12H,3,6-10H2,1-2H3,(H,17,18). The summed E-state index contributed by atoms with van der Waals surface area (Å²) in [6, 6.07) is 5.36. The first-order valence-electron chi connectivity index (χ1n) is 7.32. The molecule has 2 rings (SSSR count). The zero-order chi connectivity index (χ0) is 15.1. The molecule has 1 heterocycles. The maximum absolute atomic E-state index is 12.0. The van der Waals surface area contributed by atoms with Gasteiger partial charge >= 0.3 is 0 Å². The second-order valence-corrected chi connectivity index (χ2v) is 5.21. The zero-order valence-corrected chi connectivity index (χ0v) is 12.7. The highest BCUT2D eigenvalue weighted by molar-refractivity contribution is 5.92. The molecule has 1 fully saturated rings. The minimum absolute atomic E-state index is 0.0185. The van der Waals surface area contributed by atoms with Crippen LogP contribution in [0.1, 0.15) is 25.7 Å². The summed E-state index contributed by atoms with van der Waals surface area (Å²) in [5, 5.41) is 2.90. The van der Waals surface area contributed by atoms with Crippen LogP contribution < -0.4 is 14.8 Å². The Morgan fingerprint density at radius 3 is 2.71 bits per heavy atom. The smallest absolute Gasteiger partial charge is 0.224 e. The highest BCUT2D eigenvalue weighted by atomic mass is 16.5. The van der Waals surface area contributed by atoms with E-state index in [9.17, 15) is 4.79 Å². The van der Waals surface area contributed by atoms with Gasteiger partial charge in [-0.25, -0.2) is 0 Å². The van der Waals surface area contributed by atoms with Gasteiger partial charge in [0.1, 0.15) is 11.5 Å². The first-order valence-corrected chi connectivity index (χ1v) is 7.32. The van der Waals surface area contributed by atoms with E-state index in [4.69, 9.17) is 14.2 Å². The van der Waals surface area contributed by atoms with Crippen molar-refractivity contribution in [2.45, 2.75) is 25.7 Å². The van der Waals surface area contributed by atoms with E-state index in [2.05, 4.69) is 5.32 Å². The Bertz CT molecular complexity index is 469. The highest BCUT2D eigenvalue weighted by Crippen LogP contribution is 2.29. The van der Waals surface area contributed by atoms with Crippen LogP contribution in [0.5, 0.6) is 11.5 Å². The molecule has 1 amide bonds. The fraction of sp³-hybridized carbons (Fsp3) is 0.562. The Hall–Kier alpha value is -1.75. The van der Waals surface area contributed by atoms with Gasteiger partial charge in [0.2, 0.25) is 5.91 Å². The molecule has 5 heteroatoms. The molecule has 0 saturated carbocycles. The predicted molar refractivity (Wildman–Crippen MR) is 81.0 cm³/mol. The van der Waals surface area contributed by atoms with E-state index >= 15 is 0 Å². The molecule has 1 saturated heterocycles. The summed E-state index contributed by atoms with van der Waals surface area (Å²) in [6.07, 6.45) is 3.55. The minimum Gasteiger partial charge on any atom is -0.497 e. The van der Waals surface area contributed by atoms with E-state index in [0.29, 0.717) is 29.5 Å². The average Bonchev–Trinajstić information content (AvgIpc) is 2.54. The normalized spacial score (nSPS) is 15.5. The van der Waals surface area contributed by atoms with Crippen LogP contribution in [0.4, 0.5) is 5.69 Å². The van der Waals surface area contributed by atoms with Crippen molar-refractivity contribution in [1.82, 2.24) is 0 Å². The maximum atomic E-state index is 12.0. The number of methoxy groups -OCH3 is 2. The monoisotopic (exact) mass is 293 g/mol. The van der Waals surface area contributed by atoms with Gasteiger partial charge in [0.05, 0.1) is 19.9 Å². The molecule has 1 aliphatic rings. The fourth-order valence-electron chi connectivity index (χ4n) is 2.48. The summed E-state index contributed by atoms with van der Waals surface area (Å²) < 4.78 is 15.7. The lowest BCUT2D eigenvalue weighted by molar-refractivity contribution is -0.116. The third kappa shape index (κ3) is 4.63. The van der Waals surface area contributed by atoms with Gasteiger partial charge in [0, 0.05) is 25.7 Å². The molecule has 0 atom stereocenters. The number of anilines is 1. The zero-order valence-electron chi connectivity index (χ0n) is 12.7. The first kappa shape index (κ1) is 15.6. The second kappa shape index (κ2) is 7.88. The Labute approximate surface area is 125 Å². The lowest BCUT2D eigenvalue weighted by atomic mass is 9.95. The summed E-state index contributed by atoms with van der Waals surface area (Å²) >= 11 is 0. The van der Waals surface area contributed by atoms with Gasteiger partial charge in [0.15, 0.2) is 0 Å². The largest absolute Gasteiger partial charge is 0.497 e. The topological polar surface area (TPSA) is 56.8 Å². The van der Waals surface area contributed by atoms with Crippen molar-refractivity contribution in [3.8, 4) is 11.5 Å². The number of hydrogen-bond donors (Lipinski definition) is 1. The van der Waals surface area contributed by atoms with Crippen LogP contribution in [0.15, 0.2) is 18.2 Å². The third-order valence-electron chi connectivity index (χ3n) is 3.80. The molecule has 1 aromatic rings. The van der Waals surface area contributed by atoms with Crippen molar-refractivity contribution in [2.24, 2.45) is 5.92 Å². The predicted octanol–water partition coefficient (Wildman–Crippen LogP) is 2.85. The number of nitrogens with one attached hydrogen (secondary N) is 1. The number of carbonyl (C=O) groups is 1. The Kier molecular flexibility index (Phi) is 5.87. The molecule has 0 unspecified atom stereocenters. The third-order valence-corrected chi connectivity index (χ3v) is 3.80. The number of carbonyl (C=O) groups excluding carboxylic acids is 1. The number of benzene rings is 1. The van der Waals surface area contributed by atoms with Gasteiger partial charge < -0.3 is 19.5 Å². The van der Waals surface area contributed by atoms with Crippen LogP contribution in [0, 0.1) is 5.92 Å². The Morgan fingerprint density at radius 2 is 2.05 bits per heavy atom. The van der Waals surface area contributed by atoms with Gasteiger partial charge in [-0.15, -0.1) is 0 Å². The summed E-state index contributed by atoms with van der Waals surface area (Å²) in [5.74, 6) is 1.92. The van der Waals surface area contributed by atoms with E-state index < -0.39 is 0 Å². The molecule has 0 aromatic heterocycles. The molecular formula is C16H23NO4. The van der Waals surface area contributed by atoms with Crippen LogP contribution in [0.25, 0.3) is 0 Å². The van der Waals surface area contributed by atoms with Crippen molar-refractivity contribution in [3.63, 3.8) is 0 Å². The number of amides is 1. The molecule has 21 heavy (non-hydrogen) atoms. The molecule has 5 nitrogen and oxygen atoms in total. The van der Waals surface area contributed by atoms with Crippen molar-refractivity contribution >= 4 is 11.6 Å². The summed E-state index contributed by atoms with van der Waals surface area (Å²) in [5.41, 5.74) is 0.676. The van der Waals surface area contributed by atoms with Gasteiger partial charge in [-0.3, -0.25) is 4.79 Å². The lowest BCUT2D eigenvalue weighted by Crippen LogP contribution is -2.19. The minimum atomic E-state index is 0.0185. The van der Waals surface area contributed by atoms with Gasteiger partial charge in [0.25, 0.3) is 0 Å². The molecule has 0 bridgehead atoms. The molecule has 0 aliphatic carbocycles. The summed E-state index contributed by atoms with van der Waals surface area (Å²) in [4.78, 5) is 12.0. The van der Waals surface area contributed by atoms with Gasteiger partial charge in [-0.2, -0.15) is 0 Å². The Morgan fingerprint density at radius 1 is 1.29 bits per heavy atom. The van der Waals surface area contributed by atoms with E-state index in [1.807, 2.05) is 0 Å². The molecule has 0 spiro atoms. The lowest BCUT2D eigenvalue weighted by Gasteiger charge is -2.21. The first-order chi connectivity index (χ1) is 10.2. The van der Waals surface area contributed by atoms with Crippen molar-refractivity contribution in [3.05, 3.63) is 18.2 Å². The van der Waals surface area contributed by atoms with E-state index in [1.54, 1.807) is 32.4 Å². The van der Waals surface area contributed by atoms with Crippen molar-refractivity contribution < 1.29 is 19.0 Å². The van der Waals surface area contributed by atoms with Crippen LogP contribution in [-0.4, -0.2) is 33.3 Å². The van der Waals surface area contributed by atoms with Crippen LogP contribution in [-0.2, 0) is 9.53 Å². The van der Waals surface area contributed by atoms with Gasteiger partial charge in [-0.05, 0) is 37.3 Å². The summed E-state index contributed by atoms with van der Waals surface area (Å²) in [6.45, 7) is 1.64. The highest BCUT2D eigenvalue weighted by Gasteiger charge is 2.16. The van der Waals surface area contributed by atoms with Crippen LogP contribution in [0.3, 0.4) is 0 Å². The fourth-order valence-corrected chi connectivity index (χ4v) is 2.48. The molecule has 0 radical (unpaired) electrons. The number of hydrogen-bond acceptors (Lipinski definition) is 4. The van der Waals surface area contributed by atoms with Crippen LogP contribution >= 0.6 is 0 Å². The van der Waals surface area contributed by atoms with Gasteiger partial charge in [-0.1, -0.05) is 0 Å². The molecule has 116 valence electrons. The van der Waals surface area contributed by atoms with Crippen molar-refractivity contribution in [1.29, 1.82) is 0 Å². The SMILES string of the molecule is COc1ccc(NC(=O)CCC2CCOCC2)c(OC)c1. The molecular weight excluding hydrogens is 270 g/mol. The molecule has 1 N–H and O–H groups in total. The average molecular weight is 293 g/mol. The van der Waals surface area contributed by atoms with Crippen LogP contribution in [0.2, 0.25) is 0 Å². The van der Waals surface area contributed by atoms with E-state index in [1.165, 1.54) is 0 Å². The number of ether oxygens (including phenoxy) is 3. The maximum Gasteiger partial charge on any atom is 0.224 e. The Balaban J connectivity index is 1.86. The number of rotatable bonds is 6. The van der Waals surface area contributed by atoms with E-state index in [0.717, 1.165) is 32.5 Å². The molecule has 1 aromatic carbocycles.